The van der Waals surface area contributed by atoms with Crippen molar-refractivity contribution in [2.45, 2.75) is 19.8 Å². The van der Waals surface area contributed by atoms with Crippen molar-refractivity contribution in [2.75, 3.05) is 0 Å². The van der Waals surface area contributed by atoms with Crippen LogP contribution in [0.4, 0.5) is 0 Å². The molecule has 0 N–H and O–H groups in total. The van der Waals surface area contributed by atoms with Crippen molar-refractivity contribution < 1.29 is 9.32 Å². The van der Waals surface area contributed by atoms with Crippen molar-refractivity contribution in [1.82, 2.24) is 5.16 Å². The number of rotatable bonds is 3. The van der Waals surface area contributed by atoms with Gasteiger partial charge in [0.15, 0.2) is 0 Å². The van der Waals surface area contributed by atoms with Gasteiger partial charge in [-0.3, -0.25) is 4.79 Å². The number of ketones is 1. The molecule has 11 heavy (non-hydrogen) atoms. The van der Waals surface area contributed by atoms with Crippen LogP contribution in [0.3, 0.4) is 0 Å². The maximum Gasteiger partial charge on any atom is 0.203 e. The summed E-state index contributed by atoms with van der Waals surface area (Å²) in [5.74, 6) is 0.337. The minimum Gasteiger partial charge on any atom is -0.352 e. The van der Waals surface area contributed by atoms with Crippen LogP contribution in [0, 0.1) is 0 Å². The van der Waals surface area contributed by atoms with E-state index in [4.69, 9.17) is 4.52 Å². The van der Waals surface area contributed by atoms with E-state index in [0.29, 0.717) is 16.8 Å². The third-order valence-electron chi connectivity index (χ3n) is 1.23. The summed E-state index contributed by atoms with van der Waals surface area (Å²) in [7, 11) is 0. The summed E-state index contributed by atoms with van der Waals surface area (Å²) < 4.78 is 5.30. The van der Waals surface area contributed by atoms with Crippen LogP contribution in [-0.4, -0.2) is 10.9 Å². The van der Waals surface area contributed by atoms with Gasteiger partial charge in [0.1, 0.15) is 4.60 Å². The van der Waals surface area contributed by atoms with Gasteiger partial charge >= 0.3 is 0 Å². The Labute approximate surface area is 72.9 Å². The molecule has 0 saturated carbocycles. The Bertz CT molecular complexity index is 257. The summed E-state index contributed by atoms with van der Waals surface area (Å²) in [6.07, 6.45) is 1.35. The quantitative estimate of drug-likeness (QED) is 0.731. The molecule has 1 aromatic heterocycles. The van der Waals surface area contributed by atoms with E-state index in [-0.39, 0.29) is 5.78 Å². The van der Waals surface area contributed by atoms with Crippen LogP contribution < -0.4 is 0 Å². The third-order valence-corrected chi connectivity index (χ3v) is 1.61. The van der Waals surface area contributed by atoms with Crippen molar-refractivity contribution in [2.24, 2.45) is 0 Å². The summed E-state index contributed by atoms with van der Waals surface area (Å²) in [6, 6.07) is 1.58. The topological polar surface area (TPSA) is 43.1 Å². The zero-order valence-corrected chi connectivity index (χ0v) is 7.72. The van der Waals surface area contributed by atoms with E-state index >= 15 is 0 Å². The predicted octanol–water partition coefficient (Wildman–Crippen LogP) is 2.42. The molecule has 0 amide bonds. The second-order valence-electron chi connectivity index (χ2n) is 2.19. The largest absolute Gasteiger partial charge is 0.352 e. The molecule has 0 aromatic carbocycles. The van der Waals surface area contributed by atoms with Crippen LogP contribution in [-0.2, 0) is 0 Å². The first-order valence-electron chi connectivity index (χ1n) is 3.39. The molecule has 0 radical (unpaired) electrons. The first-order valence-corrected chi connectivity index (χ1v) is 4.18. The van der Waals surface area contributed by atoms with Crippen molar-refractivity contribution in [1.29, 1.82) is 0 Å². The van der Waals surface area contributed by atoms with Gasteiger partial charge in [-0.1, -0.05) is 12.1 Å². The number of hydrogen-bond donors (Lipinski definition) is 0. The summed E-state index contributed by atoms with van der Waals surface area (Å²) >= 11 is 3.09. The number of nitrogens with zero attached hydrogens (tertiary/aromatic N) is 1. The van der Waals surface area contributed by atoms with Crippen molar-refractivity contribution >= 4 is 21.7 Å². The monoisotopic (exact) mass is 217 g/mol. The highest BCUT2D eigenvalue weighted by molar-refractivity contribution is 9.10. The van der Waals surface area contributed by atoms with E-state index in [1.807, 2.05) is 6.92 Å². The molecule has 0 saturated heterocycles. The Balaban J connectivity index is 2.69. The van der Waals surface area contributed by atoms with Crippen LogP contribution in [0.25, 0.3) is 0 Å². The first kappa shape index (κ1) is 8.46. The van der Waals surface area contributed by atoms with Gasteiger partial charge in [-0.25, -0.2) is 0 Å². The molecule has 0 aliphatic carbocycles. The lowest BCUT2D eigenvalue weighted by Crippen LogP contribution is -1.94. The summed E-state index contributed by atoms with van der Waals surface area (Å²) in [5, 5.41) is 3.54. The zero-order valence-electron chi connectivity index (χ0n) is 6.13. The highest BCUT2D eigenvalue weighted by Crippen LogP contribution is 2.11. The molecule has 1 rings (SSSR count). The highest BCUT2D eigenvalue weighted by atomic mass is 79.9. The number of carbonyl (C=O) groups is 1. The smallest absolute Gasteiger partial charge is 0.203 e. The first-order chi connectivity index (χ1) is 5.24. The zero-order chi connectivity index (χ0) is 8.27. The van der Waals surface area contributed by atoms with Gasteiger partial charge in [0.2, 0.25) is 11.5 Å². The van der Waals surface area contributed by atoms with Gasteiger partial charge in [0.05, 0.1) is 0 Å². The summed E-state index contributed by atoms with van der Waals surface area (Å²) in [4.78, 5) is 11.1. The Morgan fingerprint density at radius 1 is 1.82 bits per heavy atom. The average Bonchev–Trinajstić information content (AvgIpc) is 2.36. The van der Waals surface area contributed by atoms with Crippen molar-refractivity contribution in [3.05, 3.63) is 16.4 Å². The van der Waals surface area contributed by atoms with Gasteiger partial charge < -0.3 is 4.52 Å². The van der Waals surface area contributed by atoms with E-state index in [2.05, 4.69) is 21.1 Å². The van der Waals surface area contributed by atoms with Crippen LogP contribution in [0.5, 0.6) is 0 Å². The molecule has 0 aliphatic heterocycles. The maximum atomic E-state index is 11.1. The Hall–Kier alpha value is -0.640. The Morgan fingerprint density at radius 2 is 2.55 bits per heavy atom. The maximum absolute atomic E-state index is 11.1. The minimum absolute atomic E-state index is 0.00528. The fraction of sp³-hybridized carbons (Fsp3) is 0.429. The molecule has 3 nitrogen and oxygen atoms in total. The molecule has 1 heterocycles. The van der Waals surface area contributed by atoms with Gasteiger partial charge in [-0.2, -0.15) is 0 Å². The summed E-state index contributed by atoms with van der Waals surface area (Å²) in [5.41, 5.74) is 0. The minimum atomic E-state index is 0.00528. The lowest BCUT2D eigenvalue weighted by Gasteiger charge is -1.88. The van der Waals surface area contributed by atoms with E-state index < -0.39 is 0 Å². The molecule has 0 fully saturated rings. The molecule has 0 bridgehead atoms. The second kappa shape index (κ2) is 3.67. The molecule has 1 aromatic rings. The van der Waals surface area contributed by atoms with Crippen LogP contribution in [0.1, 0.15) is 30.3 Å². The van der Waals surface area contributed by atoms with Gasteiger partial charge in [-0.15, -0.1) is 0 Å². The molecule has 0 spiro atoms. The van der Waals surface area contributed by atoms with E-state index in [9.17, 15) is 4.79 Å². The molecule has 0 unspecified atom stereocenters. The number of aromatic nitrogens is 1. The Morgan fingerprint density at radius 3 is 3.00 bits per heavy atom. The molecule has 0 atom stereocenters. The predicted molar refractivity (Wildman–Crippen MR) is 43.4 cm³/mol. The fourth-order valence-corrected chi connectivity index (χ4v) is 1.02. The number of carbonyl (C=O) groups excluding carboxylic acids is 1. The lowest BCUT2D eigenvalue weighted by molar-refractivity contribution is 0.0946. The second-order valence-corrected chi connectivity index (χ2v) is 3.00. The molecular formula is C7H8BrNO2. The van der Waals surface area contributed by atoms with Gasteiger partial charge in [0.25, 0.3) is 0 Å². The molecule has 0 aliphatic rings. The third kappa shape index (κ3) is 2.15. The lowest BCUT2D eigenvalue weighted by atomic mass is 10.2. The van der Waals surface area contributed by atoms with Crippen LogP contribution >= 0.6 is 15.9 Å². The highest BCUT2D eigenvalue weighted by Gasteiger charge is 2.09. The van der Waals surface area contributed by atoms with Gasteiger partial charge in [-0.05, 0) is 22.4 Å². The van der Waals surface area contributed by atoms with Gasteiger partial charge in [0, 0.05) is 12.5 Å². The van der Waals surface area contributed by atoms with Crippen molar-refractivity contribution in [3.63, 3.8) is 0 Å². The normalized spacial score (nSPS) is 10.0. The Kier molecular flexibility index (Phi) is 2.82. The van der Waals surface area contributed by atoms with Crippen LogP contribution in [0.2, 0.25) is 0 Å². The van der Waals surface area contributed by atoms with E-state index in [0.717, 1.165) is 6.42 Å². The number of halogens is 1. The standard InChI is InChI=1S/C7H8BrNO2/c1-2-3-5(10)6-4-7(8)9-11-6/h4H,2-3H2,1H3. The average molecular weight is 218 g/mol. The van der Waals surface area contributed by atoms with Crippen LogP contribution in [0.15, 0.2) is 15.2 Å². The fourth-order valence-electron chi connectivity index (χ4n) is 0.735. The van der Waals surface area contributed by atoms with E-state index in [1.165, 1.54) is 0 Å². The van der Waals surface area contributed by atoms with Crippen molar-refractivity contribution in [3.8, 4) is 0 Å². The molecule has 60 valence electrons. The SMILES string of the molecule is CCCC(=O)c1cc(Br)no1. The molecule has 4 heteroatoms. The summed E-state index contributed by atoms with van der Waals surface area (Å²) in [6.45, 7) is 1.95. The molecular weight excluding hydrogens is 210 g/mol. The van der Waals surface area contributed by atoms with E-state index in [1.54, 1.807) is 6.07 Å². The number of hydrogen-bond acceptors (Lipinski definition) is 3. The number of Topliss-reactive ketones (excluding diaryl/α,β-unsaturated/α-hetero) is 1.